The van der Waals surface area contributed by atoms with Crippen LogP contribution in [0.2, 0.25) is 0 Å². The molecule has 2 atom stereocenters. The largest absolute Gasteiger partial charge is 0.483 e. The molecule has 1 aliphatic rings. The molecule has 3 heterocycles. The summed E-state index contributed by atoms with van der Waals surface area (Å²) in [6.45, 7) is 0.0996. The smallest absolute Gasteiger partial charge is 0.200 e. The van der Waals surface area contributed by atoms with Gasteiger partial charge in [0.2, 0.25) is 5.82 Å². The fourth-order valence-corrected chi connectivity index (χ4v) is 3.89. The number of rotatable bonds is 6. The SMILES string of the molecule is Fc1cc([C@@H]2C[C@@H]2c2cnc(-c3ncccn3)nc2)cc(OCc2nccs2)c1F. The molecule has 6 nitrogen and oxygen atoms in total. The maximum absolute atomic E-state index is 14.2. The average molecular weight is 423 g/mol. The minimum absolute atomic E-state index is 0.0599. The van der Waals surface area contributed by atoms with Crippen LogP contribution in [0.5, 0.6) is 5.75 Å². The van der Waals surface area contributed by atoms with Gasteiger partial charge in [-0.2, -0.15) is 4.39 Å². The Kier molecular flexibility index (Phi) is 4.88. The zero-order valence-corrected chi connectivity index (χ0v) is 16.4. The molecular weight excluding hydrogens is 408 g/mol. The van der Waals surface area contributed by atoms with Gasteiger partial charge in [0.05, 0.1) is 0 Å². The molecule has 0 radical (unpaired) electrons. The number of halogens is 2. The van der Waals surface area contributed by atoms with Crippen molar-refractivity contribution in [1.29, 1.82) is 0 Å². The summed E-state index contributed by atoms with van der Waals surface area (Å²) < 4.78 is 33.8. The Hall–Kier alpha value is -3.33. The highest BCUT2D eigenvalue weighted by Gasteiger charge is 2.41. The first-order chi connectivity index (χ1) is 14.7. The fraction of sp³-hybridized carbons (Fsp3) is 0.190. The molecular formula is C21H15F2N5OS. The lowest BCUT2D eigenvalue weighted by Crippen LogP contribution is -2.00. The molecule has 1 saturated carbocycles. The molecule has 1 aromatic carbocycles. The average Bonchev–Trinajstić information content (AvgIpc) is 3.41. The van der Waals surface area contributed by atoms with E-state index in [1.54, 1.807) is 48.5 Å². The van der Waals surface area contributed by atoms with E-state index in [1.807, 2.05) is 0 Å². The van der Waals surface area contributed by atoms with Crippen LogP contribution in [-0.2, 0) is 6.61 Å². The number of nitrogens with zero attached hydrogens (tertiary/aromatic N) is 5. The summed E-state index contributed by atoms with van der Waals surface area (Å²) in [5.74, 6) is -0.889. The molecule has 0 aliphatic heterocycles. The predicted octanol–water partition coefficient (Wildman–Crippen LogP) is 4.52. The Morgan fingerprint density at radius 2 is 1.63 bits per heavy atom. The lowest BCUT2D eigenvalue weighted by atomic mass is 10.1. The number of ether oxygens (including phenoxy) is 1. The van der Waals surface area contributed by atoms with E-state index in [-0.39, 0.29) is 24.2 Å². The first kappa shape index (κ1) is 18.7. The molecule has 0 bridgehead atoms. The Balaban J connectivity index is 1.32. The van der Waals surface area contributed by atoms with Crippen molar-refractivity contribution in [1.82, 2.24) is 24.9 Å². The second-order valence-electron chi connectivity index (χ2n) is 6.89. The van der Waals surface area contributed by atoms with Gasteiger partial charge in [-0.25, -0.2) is 29.3 Å². The molecule has 150 valence electrons. The summed E-state index contributed by atoms with van der Waals surface area (Å²) in [7, 11) is 0. The Labute approximate surface area is 174 Å². The number of hydrogen-bond donors (Lipinski definition) is 0. The van der Waals surface area contributed by atoms with Crippen LogP contribution in [0.1, 0.15) is 34.4 Å². The van der Waals surface area contributed by atoms with E-state index < -0.39 is 11.6 Å². The molecule has 0 spiro atoms. The molecule has 0 N–H and O–H groups in total. The van der Waals surface area contributed by atoms with E-state index in [9.17, 15) is 8.78 Å². The van der Waals surface area contributed by atoms with Gasteiger partial charge in [0.15, 0.2) is 23.2 Å². The van der Waals surface area contributed by atoms with Gasteiger partial charge in [-0.3, -0.25) is 0 Å². The number of hydrogen-bond acceptors (Lipinski definition) is 7. The molecule has 0 amide bonds. The normalized spacial score (nSPS) is 17.7. The van der Waals surface area contributed by atoms with Crippen molar-refractivity contribution in [3.8, 4) is 17.4 Å². The second kappa shape index (κ2) is 7.83. The molecule has 1 fully saturated rings. The first-order valence-corrected chi connectivity index (χ1v) is 10.2. The van der Waals surface area contributed by atoms with Crippen LogP contribution in [0.15, 0.2) is 54.6 Å². The summed E-state index contributed by atoms with van der Waals surface area (Å²) in [5, 5.41) is 2.50. The maximum atomic E-state index is 14.2. The van der Waals surface area contributed by atoms with Crippen molar-refractivity contribution in [2.75, 3.05) is 0 Å². The summed E-state index contributed by atoms with van der Waals surface area (Å²) in [6, 6.07) is 4.54. The van der Waals surface area contributed by atoms with Crippen LogP contribution in [0.25, 0.3) is 11.6 Å². The summed E-state index contributed by atoms with van der Waals surface area (Å²) in [4.78, 5) is 21.0. The molecule has 5 rings (SSSR count). The van der Waals surface area contributed by atoms with E-state index in [0.29, 0.717) is 22.2 Å². The number of aromatic nitrogens is 5. The van der Waals surface area contributed by atoms with Crippen LogP contribution < -0.4 is 4.74 Å². The van der Waals surface area contributed by atoms with Crippen LogP contribution in [0, 0.1) is 11.6 Å². The third-order valence-corrected chi connectivity index (χ3v) is 5.69. The van der Waals surface area contributed by atoms with Crippen molar-refractivity contribution >= 4 is 11.3 Å². The van der Waals surface area contributed by atoms with Crippen molar-refractivity contribution in [2.24, 2.45) is 0 Å². The predicted molar refractivity (Wildman–Crippen MR) is 106 cm³/mol. The zero-order valence-electron chi connectivity index (χ0n) is 15.6. The molecule has 9 heteroatoms. The van der Waals surface area contributed by atoms with E-state index in [0.717, 1.165) is 12.0 Å². The topological polar surface area (TPSA) is 73.7 Å². The third-order valence-electron chi connectivity index (χ3n) is 4.94. The van der Waals surface area contributed by atoms with Crippen LogP contribution in [-0.4, -0.2) is 24.9 Å². The van der Waals surface area contributed by atoms with Gasteiger partial charge in [-0.1, -0.05) is 0 Å². The summed E-state index contributed by atoms with van der Waals surface area (Å²) >= 11 is 1.40. The van der Waals surface area contributed by atoms with E-state index in [1.165, 1.54) is 17.4 Å². The Morgan fingerprint density at radius 3 is 2.37 bits per heavy atom. The molecule has 3 aromatic heterocycles. The van der Waals surface area contributed by atoms with Gasteiger partial charge in [0.25, 0.3) is 0 Å². The third kappa shape index (κ3) is 3.76. The van der Waals surface area contributed by atoms with Crippen LogP contribution in [0.3, 0.4) is 0 Å². The highest BCUT2D eigenvalue weighted by molar-refractivity contribution is 7.09. The summed E-state index contributed by atoms with van der Waals surface area (Å²) in [6.07, 6.45) is 9.19. The van der Waals surface area contributed by atoms with E-state index in [2.05, 4.69) is 24.9 Å². The monoisotopic (exact) mass is 423 g/mol. The van der Waals surface area contributed by atoms with Crippen molar-refractivity contribution < 1.29 is 13.5 Å². The number of thiazole rings is 1. The number of benzene rings is 1. The Morgan fingerprint density at radius 1 is 0.900 bits per heavy atom. The first-order valence-electron chi connectivity index (χ1n) is 9.28. The maximum Gasteiger partial charge on any atom is 0.200 e. The summed E-state index contributed by atoms with van der Waals surface area (Å²) in [5.41, 5.74) is 1.64. The molecule has 30 heavy (non-hydrogen) atoms. The van der Waals surface area contributed by atoms with Gasteiger partial charge in [0.1, 0.15) is 11.6 Å². The van der Waals surface area contributed by atoms with Gasteiger partial charge < -0.3 is 4.74 Å². The Bertz CT molecular complexity index is 1160. The molecule has 0 unspecified atom stereocenters. The lowest BCUT2D eigenvalue weighted by molar-refractivity contribution is 0.283. The van der Waals surface area contributed by atoms with Gasteiger partial charge in [-0.05, 0) is 47.6 Å². The minimum Gasteiger partial charge on any atom is -0.483 e. The minimum atomic E-state index is -0.983. The van der Waals surface area contributed by atoms with Gasteiger partial charge >= 0.3 is 0 Å². The highest BCUT2D eigenvalue weighted by atomic mass is 32.1. The highest BCUT2D eigenvalue weighted by Crippen LogP contribution is 2.55. The van der Waals surface area contributed by atoms with Crippen LogP contribution >= 0.6 is 11.3 Å². The molecule has 1 aliphatic carbocycles. The van der Waals surface area contributed by atoms with E-state index >= 15 is 0 Å². The molecule has 4 aromatic rings. The van der Waals surface area contributed by atoms with Gasteiger partial charge in [0, 0.05) is 36.4 Å². The quantitative estimate of drug-likeness (QED) is 0.454. The fourth-order valence-electron chi connectivity index (χ4n) is 3.36. The second-order valence-corrected chi connectivity index (χ2v) is 7.87. The molecule has 0 saturated heterocycles. The van der Waals surface area contributed by atoms with Crippen LogP contribution in [0.4, 0.5) is 8.78 Å². The standard InChI is InChI=1S/C21H15F2N5OS/c22-16-6-12(7-17(19(16)23)29-11-18-24-4-5-30-18)14-8-15(14)13-9-27-21(28-10-13)20-25-2-1-3-26-20/h1-7,9-10,14-15H,8,11H2/t14-,15+/m0/s1. The zero-order chi connectivity index (χ0) is 20.5. The van der Waals surface area contributed by atoms with Gasteiger partial charge in [-0.15, -0.1) is 11.3 Å². The van der Waals surface area contributed by atoms with Crippen molar-refractivity contribution in [2.45, 2.75) is 24.9 Å². The lowest BCUT2D eigenvalue weighted by Gasteiger charge is -2.09. The van der Waals surface area contributed by atoms with E-state index in [4.69, 9.17) is 4.74 Å². The van der Waals surface area contributed by atoms with Crippen molar-refractivity contribution in [3.05, 3.63) is 82.3 Å². The van der Waals surface area contributed by atoms with Crippen molar-refractivity contribution in [3.63, 3.8) is 0 Å².